The first kappa shape index (κ1) is 16.1. The normalized spacial score (nSPS) is 21.6. The van der Waals surface area contributed by atoms with Crippen LogP contribution < -0.4 is 4.74 Å². The van der Waals surface area contributed by atoms with Gasteiger partial charge in [0.25, 0.3) is 5.91 Å². The molecule has 25 heavy (non-hydrogen) atoms. The van der Waals surface area contributed by atoms with Crippen LogP contribution in [0.15, 0.2) is 48.8 Å². The second-order valence-corrected chi connectivity index (χ2v) is 6.63. The van der Waals surface area contributed by atoms with E-state index in [0.29, 0.717) is 19.5 Å². The molecule has 2 aliphatic rings. The molecular formula is C20H22N2O3. The van der Waals surface area contributed by atoms with E-state index in [9.17, 15) is 4.79 Å². The Morgan fingerprint density at radius 1 is 1.24 bits per heavy atom. The molecule has 5 nitrogen and oxygen atoms in total. The highest BCUT2D eigenvalue weighted by Crippen LogP contribution is 2.29. The van der Waals surface area contributed by atoms with Gasteiger partial charge in [0.1, 0.15) is 5.75 Å². The number of carbonyl (C=O) groups is 1. The van der Waals surface area contributed by atoms with Crippen LogP contribution in [0.2, 0.25) is 0 Å². The first-order chi connectivity index (χ1) is 12.3. The van der Waals surface area contributed by atoms with Gasteiger partial charge < -0.3 is 14.4 Å². The zero-order valence-electron chi connectivity index (χ0n) is 14.1. The summed E-state index contributed by atoms with van der Waals surface area (Å²) in [4.78, 5) is 19.2. The number of carbonyl (C=O) groups excluding carboxylic acids is 1. The molecule has 130 valence electrons. The van der Waals surface area contributed by atoms with Gasteiger partial charge in [-0.15, -0.1) is 0 Å². The molecule has 3 heterocycles. The summed E-state index contributed by atoms with van der Waals surface area (Å²) >= 11 is 0. The summed E-state index contributed by atoms with van der Waals surface area (Å²) in [6.45, 7) is 1.91. The van der Waals surface area contributed by atoms with E-state index in [1.54, 1.807) is 12.4 Å². The Bertz CT molecular complexity index is 704. The van der Waals surface area contributed by atoms with Crippen LogP contribution in [-0.2, 0) is 22.5 Å². The zero-order valence-corrected chi connectivity index (χ0v) is 14.1. The van der Waals surface area contributed by atoms with Gasteiger partial charge in [-0.1, -0.05) is 24.3 Å². The Kier molecular flexibility index (Phi) is 4.65. The molecule has 4 rings (SSSR count). The van der Waals surface area contributed by atoms with Crippen LogP contribution in [0.5, 0.6) is 5.75 Å². The summed E-state index contributed by atoms with van der Waals surface area (Å²) in [5.41, 5.74) is 2.11. The molecular weight excluding hydrogens is 316 g/mol. The fourth-order valence-corrected chi connectivity index (χ4v) is 3.50. The van der Waals surface area contributed by atoms with Gasteiger partial charge in [0.15, 0.2) is 6.10 Å². The van der Waals surface area contributed by atoms with E-state index >= 15 is 0 Å². The molecule has 0 spiro atoms. The Hall–Kier alpha value is -2.40. The van der Waals surface area contributed by atoms with Gasteiger partial charge in [-0.25, -0.2) is 0 Å². The van der Waals surface area contributed by atoms with Crippen molar-refractivity contribution in [2.24, 2.45) is 0 Å². The molecule has 0 saturated carbocycles. The number of aromatic nitrogens is 1. The van der Waals surface area contributed by atoms with Gasteiger partial charge in [-0.3, -0.25) is 9.78 Å². The Morgan fingerprint density at radius 3 is 2.92 bits per heavy atom. The van der Waals surface area contributed by atoms with Crippen molar-refractivity contribution in [3.8, 4) is 5.75 Å². The number of amides is 1. The molecule has 2 aromatic rings. The van der Waals surface area contributed by atoms with Gasteiger partial charge in [-0.05, 0) is 36.1 Å². The minimum atomic E-state index is -0.449. The number of benzene rings is 1. The largest absolute Gasteiger partial charge is 0.480 e. The van der Waals surface area contributed by atoms with Crippen LogP contribution in [0.1, 0.15) is 24.0 Å². The third-order valence-corrected chi connectivity index (χ3v) is 4.78. The maximum Gasteiger partial charge on any atom is 0.264 e. The van der Waals surface area contributed by atoms with Crippen molar-refractivity contribution >= 4 is 5.91 Å². The van der Waals surface area contributed by atoms with Gasteiger partial charge >= 0.3 is 0 Å². The number of para-hydroxylation sites is 1. The Morgan fingerprint density at radius 2 is 2.16 bits per heavy atom. The minimum Gasteiger partial charge on any atom is -0.480 e. The summed E-state index contributed by atoms with van der Waals surface area (Å²) < 4.78 is 11.6. The predicted octanol–water partition coefficient (Wildman–Crippen LogP) is 2.59. The highest BCUT2D eigenvalue weighted by atomic mass is 16.5. The molecule has 2 aliphatic heterocycles. The standard InChI is InChI=1S/C20H22N2O3/c23-20(19-11-16-6-1-2-8-18(16)25-19)22(14-17-7-4-10-24-17)13-15-5-3-9-21-12-15/h1-3,5-6,8-9,12,17,19H,4,7,10-11,13-14H2. The molecule has 1 amide bonds. The van der Waals surface area contributed by atoms with Gasteiger partial charge in [0.2, 0.25) is 0 Å². The topological polar surface area (TPSA) is 51.7 Å². The van der Waals surface area contributed by atoms with Crippen molar-refractivity contribution in [3.63, 3.8) is 0 Å². The second kappa shape index (κ2) is 7.23. The van der Waals surface area contributed by atoms with Crippen LogP contribution in [0, 0.1) is 0 Å². The molecule has 1 fully saturated rings. The lowest BCUT2D eigenvalue weighted by atomic mass is 10.1. The van der Waals surface area contributed by atoms with Gasteiger partial charge in [0, 0.05) is 38.5 Å². The molecule has 0 radical (unpaired) electrons. The molecule has 0 bridgehead atoms. The smallest absolute Gasteiger partial charge is 0.264 e. The second-order valence-electron chi connectivity index (χ2n) is 6.63. The Balaban J connectivity index is 1.49. The Labute approximate surface area is 147 Å². The van der Waals surface area contributed by atoms with E-state index in [1.807, 2.05) is 41.3 Å². The number of nitrogens with zero attached hydrogens (tertiary/aromatic N) is 2. The van der Waals surface area contributed by atoms with E-state index < -0.39 is 6.10 Å². The highest BCUT2D eigenvalue weighted by Gasteiger charge is 2.33. The van der Waals surface area contributed by atoms with Crippen molar-refractivity contribution < 1.29 is 14.3 Å². The average molecular weight is 338 g/mol. The highest BCUT2D eigenvalue weighted by molar-refractivity contribution is 5.82. The van der Waals surface area contributed by atoms with Crippen LogP contribution in [0.4, 0.5) is 0 Å². The van der Waals surface area contributed by atoms with E-state index in [2.05, 4.69) is 4.98 Å². The van der Waals surface area contributed by atoms with Crippen molar-refractivity contribution in [1.82, 2.24) is 9.88 Å². The third kappa shape index (κ3) is 3.66. The first-order valence-corrected chi connectivity index (χ1v) is 8.83. The van der Waals surface area contributed by atoms with Crippen molar-refractivity contribution in [2.75, 3.05) is 13.2 Å². The number of hydrogen-bond acceptors (Lipinski definition) is 4. The quantitative estimate of drug-likeness (QED) is 0.841. The molecule has 0 N–H and O–H groups in total. The lowest BCUT2D eigenvalue weighted by molar-refractivity contribution is -0.140. The van der Waals surface area contributed by atoms with E-state index in [-0.39, 0.29) is 12.0 Å². The minimum absolute atomic E-state index is 0.0237. The zero-order chi connectivity index (χ0) is 17.1. The summed E-state index contributed by atoms with van der Waals surface area (Å²) in [5, 5.41) is 0. The summed E-state index contributed by atoms with van der Waals surface area (Å²) in [7, 11) is 0. The monoisotopic (exact) mass is 338 g/mol. The summed E-state index contributed by atoms with van der Waals surface area (Å²) in [6.07, 6.45) is 5.91. The SMILES string of the molecule is O=C(C1Cc2ccccc2O1)N(Cc1cccnc1)CC1CCCO1. The fourth-order valence-electron chi connectivity index (χ4n) is 3.50. The number of rotatable bonds is 5. The molecule has 2 unspecified atom stereocenters. The predicted molar refractivity (Wildman–Crippen MR) is 93.2 cm³/mol. The van der Waals surface area contributed by atoms with Gasteiger partial charge in [0.05, 0.1) is 6.10 Å². The molecule has 2 atom stereocenters. The fraction of sp³-hybridized carbons (Fsp3) is 0.400. The van der Waals surface area contributed by atoms with Crippen molar-refractivity contribution in [1.29, 1.82) is 0 Å². The summed E-state index contributed by atoms with van der Waals surface area (Å²) in [5.74, 6) is 0.842. The van der Waals surface area contributed by atoms with Crippen LogP contribution in [0.25, 0.3) is 0 Å². The molecule has 1 aromatic heterocycles. The molecule has 5 heteroatoms. The summed E-state index contributed by atoms with van der Waals surface area (Å²) in [6, 6.07) is 11.8. The number of ether oxygens (including phenoxy) is 2. The molecule has 0 aliphatic carbocycles. The van der Waals surface area contributed by atoms with Gasteiger partial charge in [-0.2, -0.15) is 0 Å². The molecule has 1 aromatic carbocycles. The maximum atomic E-state index is 13.1. The average Bonchev–Trinajstić information content (AvgIpc) is 3.30. The van der Waals surface area contributed by atoms with Crippen molar-refractivity contribution in [3.05, 3.63) is 59.9 Å². The number of pyridine rings is 1. The number of hydrogen-bond donors (Lipinski definition) is 0. The first-order valence-electron chi connectivity index (χ1n) is 8.83. The van der Waals surface area contributed by atoms with E-state index in [4.69, 9.17) is 9.47 Å². The van der Waals surface area contributed by atoms with Crippen LogP contribution >= 0.6 is 0 Å². The van der Waals surface area contributed by atoms with E-state index in [1.165, 1.54) is 0 Å². The lowest BCUT2D eigenvalue weighted by Crippen LogP contribution is -2.44. The molecule has 1 saturated heterocycles. The number of fused-ring (bicyclic) bond motifs is 1. The maximum absolute atomic E-state index is 13.1. The lowest BCUT2D eigenvalue weighted by Gasteiger charge is -2.27. The van der Waals surface area contributed by atoms with E-state index in [0.717, 1.165) is 36.3 Å². The third-order valence-electron chi connectivity index (χ3n) is 4.78. The van der Waals surface area contributed by atoms with Crippen LogP contribution in [-0.4, -0.2) is 41.2 Å². The van der Waals surface area contributed by atoms with Crippen LogP contribution in [0.3, 0.4) is 0 Å². The van der Waals surface area contributed by atoms with Crippen molar-refractivity contribution in [2.45, 2.75) is 38.0 Å².